The van der Waals surface area contributed by atoms with E-state index in [-0.39, 0.29) is 16.2 Å². The normalized spacial score (nSPS) is 14.6. The van der Waals surface area contributed by atoms with Crippen LogP contribution >= 0.6 is 11.3 Å². The van der Waals surface area contributed by atoms with Crippen LogP contribution in [0.1, 0.15) is 78.0 Å². The summed E-state index contributed by atoms with van der Waals surface area (Å²) in [6.07, 6.45) is 2.28. The van der Waals surface area contributed by atoms with Gasteiger partial charge in [-0.15, -0.1) is 11.3 Å². The van der Waals surface area contributed by atoms with E-state index in [1.54, 1.807) is 0 Å². The van der Waals surface area contributed by atoms with Crippen LogP contribution in [0, 0.1) is 0 Å². The Morgan fingerprint density at radius 3 is 1.93 bits per heavy atom. The summed E-state index contributed by atoms with van der Waals surface area (Å²) in [6.45, 7) is 16.6. The second-order valence-corrected chi connectivity index (χ2v) is 24.1. The summed E-state index contributed by atoms with van der Waals surface area (Å²) in [7, 11) is 2.52. The molecule has 1 N–H and O–H groups in total. The SMILES string of the molecule is CC(C)(C)c1ccc(Nc2cc(N(c3ccccc3)c3ccccc3)ccc2-c2c3c4c(c5cc6c(cc5n4-c4c(sc5ccc(-c7ccccc7)cc45)[B]3)C(C)(C)CCC6(C)C)c3oc4ccccc4c23)cc1. The first-order valence-electron chi connectivity index (χ1n) is 26.2. The number of aromatic nitrogens is 1. The predicted molar refractivity (Wildman–Crippen MR) is 318 cm³/mol. The van der Waals surface area contributed by atoms with Crippen molar-refractivity contribution in [3.63, 3.8) is 0 Å². The topological polar surface area (TPSA) is 33.3 Å². The summed E-state index contributed by atoms with van der Waals surface area (Å²) < 4.78 is 12.5. The van der Waals surface area contributed by atoms with Crippen LogP contribution in [0.2, 0.25) is 0 Å². The number of rotatable bonds is 7. The minimum Gasteiger partial charge on any atom is -0.455 e. The summed E-state index contributed by atoms with van der Waals surface area (Å²) in [5.74, 6) is 0. The first kappa shape index (κ1) is 44.9. The molecule has 6 heteroatoms. The maximum Gasteiger partial charge on any atom is 0.211 e. The number of furan rings is 1. The Labute approximate surface area is 438 Å². The molecule has 12 aromatic rings. The van der Waals surface area contributed by atoms with E-state index in [1.165, 1.54) is 75.6 Å². The lowest BCUT2D eigenvalue weighted by atomic mass is 9.62. The van der Waals surface area contributed by atoms with Gasteiger partial charge in [0.2, 0.25) is 7.28 Å². The van der Waals surface area contributed by atoms with E-state index in [4.69, 9.17) is 4.42 Å². The fourth-order valence-electron chi connectivity index (χ4n) is 12.4. The Hall–Kier alpha value is -7.80. The highest BCUT2D eigenvalue weighted by Gasteiger charge is 2.40. The fourth-order valence-corrected chi connectivity index (χ4v) is 13.5. The molecular formula is C68H57BN3OS. The van der Waals surface area contributed by atoms with Crippen molar-refractivity contribution >= 4 is 111 Å². The molecular weight excluding hydrogens is 918 g/mol. The summed E-state index contributed by atoms with van der Waals surface area (Å²) in [5, 5.41) is 9.99. The van der Waals surface area contributed by atoms with Crippen molar-refractivity contribution in [1.82, 2.24) is 4.57 Å². The average molecular weight is 975 g/mol. The number of para-hydroxylation sites is 3. The number of anilines is 5. The molecule has 0 atom stereocenters. The first-order valence-corrected chi connectivity index (χ1v) is 27.0. The van der Waals surface area contributed by atoms with Gasteiger partial charge in [0, 0.05) is 60.2 Å². The van der Waals surface area contributed by atoms with Crippen LogP contribution in [0.15, 0.2) is 192 Å². The van der Waals surface area contributed by atoms with E-state index >= 15 is 0 Å². The van der Waals surface area contributed by atoms with Crippen molar-refractivity contribution in [3.8, 4) is 27.9 Å². The van der Waals surface area contributed by atoms with Gasteiger partial charge in [-0.1, -0.05) is 158 Å². The standard InChI is InChI=1S/C68H57BN3OS/c1-66(2,3)43-28-30-44(31-29-43)70-54-38-47(71(45-21-13-9-14-22-45)46-23-15-10-16-24-46)32-33-48(54)58-59-49-25-17-18-26-56(49)73-64(59)60-50-39-52-53(68(6,7)36-35-67(52,4)5)40-55(50)72-62-51-37-42(41-19-11-8-12-20-41)27-34-57(51)74-65(62)69-61(58)63(60)72/h8-34,37-40,70H,35-36H2,1-7H3. The van der Waals surface area contributed by atoms with E-state index in [0.29, 0.717) is 0 Å². The molecule has 4 nitrogen and oxygen atoms in total. The molecule has 0 spiro atoms. The third kappa shape index (κ3) is 6.94. The van der Waals surface area contributed by atoms with E-state index < -0.39 is 0 Å². The number of thiophene rings is 1. The Morgan fingerprint density at radius 2 is 1.24 bits per heavy atom. The van der Waals surface area contributed by atoms with Crippen LogP contribution in [0.3, 0.4) is 0 Å². The minimum absolute atomic E-state index is 0.0139. The zero-order valence-electron chi connectivity index (χ0n) is 43.1. The Balaban J connectivity index is 1.12. The van der Waals surface area contributed by atoms with Crippen LogP contribution in [-0.4, -0.2) is 11.8 Å². The van der Waals surface area contributed by atoms with Crippen LogP contribution in [0.5, 0.6) is 0 Å². The maximum atomic E-state index is 7.37. The van der Waals surface area contributed by atoms with Crippen molar-refractivity contribution in [1.29, 1.82) is 0 Å². The number of fused-ring (bicyclic) bond motifs is 12. The second kappa shape index (κ2) is 16.4. The average Bonchev–Trinajstić information content (AvgIpc) is 4.09. The molecule has 1 aliphatic heterocycles. The molecule has 4 heterocycles. The highest BCUT2D eigenvalue weighted by molar-refractivity contribution is 7.29. The molecule has 0 saturated carbocycles. The molecule has 0 fully saturated rings. The number of hydrogen-bond acceptors (Lipinski definition) is 4. The largest absolute Gasteiger partial charge is 0.455 e. The molecule has 0 saturated heterocycles. The van der Waals surface area contributed by atoms with Crippen LogP contribution in [0.4, 0.5) is 28.4 Å². The van der Waals surface area contributed by atoms with E-state index in [1.807, 2.05) is 11.3 Å². The number of nitrogens with one attached hydrogen (secondary N) is 1. The summed E-state index contributed by atoms with van der Waals surface area (Å²) in [4.78, 5) is 2.36. The lowest BCUT2D eigenvalue weighted by Gasteiger charge is -2.42. The van der Waals surface area contributed by atoms with Crippen LogP contribution in [-0.2, 0) is 16.2 Å². The quantitative estimate of drug-likeness (QED) is 0.162. The van der Waals surface area contributed by atoms with Gasteiger partial charge in [-0.3, -0.25) is 0 Å². The van der Waals surface area contributed by atoms with Crippen molar-refractivity contribution in [3.05, 3.63) is 205 Å². The van der Waals surface area contributed by atoms with Gasteiger partial charge in [-0.2, -0.15) is 0 Å². The summed E-state index contributed by atoms with van der Waals surface area (Å²) >= 11 is 1.90. The third-order valence-electron chi connectivity index (χ3n) is 16.4. The fraction of sp³-hybridized carbons (Fsp3) is 0.176. The lowest BCUT2D eigenvalue weighted by molar-refractivity contribution is 0.332. The molecule has 359 valence electrons. The zero-order valence-corrected chi connectivity index (χ0v) is 43.9. The van der Waals surface area contributed by atoms with Crippen LogP contribution in [0.25, 0.3) is 81.8 Å². The van der Waals surface area contributed by atoms with Crippen LogP contribution < -0.4 is 20.5 Å². The molecule has 3 aromatic heterocycles. The molecule has 1 radical (unpaired) electrons. The van der Waals surface area contributed by atoms with Gasteiger partial charge in [0.25, 0.3) is 0 Å². The van der Waals surface area contributed by atoms with Gasteiger partial charge in [-0.05, 0) is 152 Å². The van der Waals surface area contributed by atoms with Crippen molar-refractivity contribution < 1.29 is 4.42 Å². The Kier molecular flexibility index (Phi) is 9.92. The molecule has 2 aliphatic rings. The highest BCUT2D eigenvalue weighted by atomic mass is 32.1. The molecule has 14 rings (SSSR count). The number of nitrogens with zero attached hydrogens (tertiary/aromatic N) is 2. The zero-order chi connectivity index (χ0) is 50.3. The monoisotopic (exact) mass is 974 g/mol. The maximum absolute atomic E-state index is 7.37. The van der Waals surface area contributed by atoms with Crippen molar-refractivity contribution in [2.75, 3.05) is 10.2 Å². The minimum atomic E-state index is 0.0139. The van der Waals surface area contributed by atoms with Gasteiger partial charge >= 0.3 is 0 Å². The Morgan fingerprint density at radius 1 is 0.595 bits per heavy atom. The molecule has 1 aliphatic carbocycles. The first-order chi connectivity index (χ1) is 35.8. The Bertz CT molecular complexity index is 4170. The lowest BCUT2D eigenvalue weighted by Crippen LogP contribution is -2.35. The predicted octanol–water partition coefficient (Wildman–Crippen LogP) is 18.1. The van der Waals surface area contributed by atoms with Gasteiger partial charge in [0.15, 0.2) is 0 Å². The van der Waals surface area contributed by atoms with Crippen molar-refractivity contribution in [2.45, 2.75) is 77.6 Å². The van der Waals surface area contributed by atoms with E-state index in [9.17, 15) is 0 Å². The van der Waals surface area contributed by atoms with Gasteiger partial charge in [-0.25, -0.2) is 0 Å². The third-order valence-corrected chi connectivity index (χ3v) is 17.5. The number of hydrogen-bond donors (Lipinski definition) is 1. The molecule has 0 unspecified atom stereocenters. The van der Waals surface area contributed by atoms with Gasteiger partial charge < -0.3 is 19.2 Å². The highest BCUT2D eigenvalue weighted by Crippen LogP contribution is 2.53. The van der Waals surface area contributed by atoms with Crippen molar-refractivity contribution in [2.24, 2.45) is 0 Å². The molecule has 74 heavy (non-hydrogen) atoms. The second-order valence-electron chi connectivity index (χ2n) is 23.1. The summed E-state index contributed by atoms with van der Waals surface area (Å²) in [5.41, 5.74) is 20.9. The molecule has 9 aromatic carbocycles. The molecule has 0 bridgehead atoms. The number of benzene rings is 9. The smallest absolute Gasteiger partial charge is 0.211 e. The van der Waals surface area contributed by atoms with E-state index in [0.717, 1.165) is 74.3 Å². The van der Waals surface area contributed by atoms with Gasteiger partial charge in [0.05, 0.1) is 22.1 Å². The van der Waals surface area contributed by atoms with Gasteiger partial charge in [0.1, 0.15) is 11.2 Å². The summed E-state index contributed by atoms with van der Waals surface area (Å²) in [6, 6.07) is 69.2. The van der Waals surface area contributed by atoms with E-state index in [2.05, 4.69) is 259 Å². The molecule has 0 amide bonds.